The number of amides is 1. The maximum Gasteiger partial charge on any atom is 0.327 e. The average Bonchev–Trinajstić information content (AvgIpc) is 2.30. The molecule has 8 heteroatoms. The molecular formula is C10H18N2O5S. The summed E-state index contributed by atoms with van der Waals surface area (Å²) in [5.41, 5.74) is 5.24. The summed E-state index contributed by atoms with van der Waals surface area (Å²) in [7, 11) is 0. The molecule has 0 aromatic rings. The first-order chi connectivity index (χ1) is 8.38. The Morgan fingerprint density at radius 2 is 1.89 bits per heavy atom. The zero-order chi connectivity index (χ0) is 14.1. The van der Waals surface area contributed by atoms with E-state index < -0.39 is 29.9 Å². The zero-order valence-electron chi connectivity index (χ0n) is 10.1. The van der Waals surface area contributed by atoms with Gasteiger partial charge in [-0.3, -0.25) is 9.59 Å². The normalized spacial score (nSPS) is 13.7. The second-order valence-electron chi connectivity index (χ2n) is 3.60. The van der Waals surface area contributed by atoms with E-state index in [1.165, 1.54) is 11.8 Å². The predicted octanol–water partition coefficient (Wildman–Crippen LogP) is -0.499. The van der Waals surface area contributed by atoms with E-state index in [4.69, 9.17) is 15.9 Å². The lowest BCUT2D eigenvalue weighted by molar-refractivity contribution is -0.141. The molecule has 0 bridgehead atoms. The van der Waals surface area contributed by atoms with Crippen molar-refractivity contribution < 1.29 is 24.6 Å². The molecule has 0 aliphatic carbocycles. The lowest BCUT2D eigenvalue weighted by Gasteiger charge is -2.14. The molecule has 0 heterocycles. The molecule has 5 N–H and O–H groups in total. The topological polar surface area (TPSA) is 130 Å². The van der Waals surface area contributed by atoms with Gasteiger partial charge in [-0.15, -0.1) is 0 Å². The molecule has 0 rings (SSSR count). The maximum atomic E-state index is 11.4. The van der Waals surface area contributed by atoms with Crippen LogP contribution in [0.2, 0.25) is 0 Å². The highest BCUT2D eigenvalue weighted by Gasteiger charge is 2.20. The number of carbonyl (C=O) groups is 3. The highest BCUT2D eigenvalue weighted by atomic mass is 32.2. The van der Waals surface area contributed by atoms with Crippen LogP contribution in [0.15, 0.2) is 0 Å². The number of carboxylic acid groups (broad SMARTS) is 2. The molecule has 0 aliphatic heterocycles. The second-order valence-corrected chi connectivity index (χ2v) is 4.92. The van der Waals surface area contributed by atoms with Gasteiger partial charge in [0.15, 0.2) is 0 Å². The van der Waals surface area contributed by atoms with E-state index in [0.717, 1.165) is 5.75 Å². The molecule has 104 valence electrons. The molecular weight excluding hydrogens is 260 g/mol. The molecule has 2 atom stereocenters. The van der Waals surface area contributed by atoms with Crippen LogP contribution in [0.4, 0.5) is 0 Å². The number of rotatable bonds is 9. The first kappa shape index (κ1) is 16.7. The third-order valence-electron chi connectivity index (χ3n) is 2.12. The SMILES string of the molecule is CCSC[C@H](NC(=O)CC[C@H](N)C(=O)O)C(=O)O. The zero-order valence-corrected chi connectivity index (χ0v) is 10.9. The Labute approximate surface area is 109 Å². The molecule has 0 aliphatic rings. The van der Waals surface area contributed by atoms with Crippen LogP contribution in [0.1, 0.15) is 19.8 Å². The molecule has 0 unspecified atom stereocenters. The van der Waals surface area contributed by atoms with Crippen LogP contribution >= 0.6 is 11.8 Å². The van der Waals surface area contributed by atoms with Gasteiger partial charge in [0.2, 0.25) is 5.91 Å². The van der Waals surface area contributed by atoms with Crippen molar-refractivity contribution in [2.75, 3.05) is 11.5 Å². The van der Waals surface area contributed by atoms with Crippen LogP contribution in [0, 0.1) is 0 Å². The van der Waals surface area contributed by atoms with E-state index >= 15 is 0 Å². The van der Waals surface area contributed by atoms with E-state index in [1.807, 2.05) is 6.92 Å². The van der Waals surface area contributed by atoms with Crippen molar-refractivity contribution in [3.05, 3.63) is 0 Å². The van der Waals surface area contributed by atoms with Crippen molar-refractivity contribution in [2.45, 2.75) is 31.8 Å². The van der Waals surface area contributed by atoms with Gasteiger partial charge in [-0.05, 0) is 12.2 Å². The quantitative estimate of drug-likeness (QED) is 0.447. The van der Waals surface area contributed by atoms with Crippen molar-refractivity contribution in [3.8, 4) is 0 Å². The standard InChI is InChI=1S/C10H18N2O5S/c1-2-18-5-7(10(16)17)12-8(13)4-3-6(11)9(14)15/h6-7H,2-5,11H2,1H3,(H,12,13)(H,14,15)(H,16,17)/t6-,7-/m0/s1. The van der Waals surface area contributed by atoms with Crippen LogP contribution in [0.25, 0.3) is 0 Å². The highest BCUT2D eigenvalue weighted by Crippen LogP contribution is 2.03. The van der Waals surface area contributed by atoms with Crippen molar-refractivity contribution in [1.29, 1.82) is 0 Å². The smallest absolute Gasteiger partial charge is 0.327 e. The number of nitrogens with one attached hydrogen (secondary N) is 1. The summed E-state index contributed by atoms with van der Waals surface area (Å²) >= 11 is 1.40. The maximum absolute atomic E-state index is 11.4. The number of thioether (sulfide) groups is 1. The summed E-state index contributed by atoms with van der Waals surface area (Å²) in [6, 6.07) is -2.06. The van der Waals surface area contributed by atoms with E-state index in [1.54, 1.807) is 0 Å². The van der Waals surface area contributed by atoms with E-state index in [0.29, 0.717) is 0 Å². The molecule has 0 aromatic carbocycles. The molecule has 0 fully saturated rings. The van der Waals surface area contributed by atoms with Gasteiger partial charge in [-0.25, -0.2) is 4.79 Å². The Morgan fingerprint density at radius 3 is 2.33 bits per heavy atom. The molecule has 0 aromatic heterocycles. The van der Waals surface area contributed by atoms with E-state index in [-0.39, 0.29) is 18.6 Å². The molecule has 7 nitrogen and oxygen atoms in total. The number of aliphatic carboxylic acids is 2. The summed E-state index contributed by atoms with van der Waals surface area (Å²) in [4.78, 5) is 32.7. The Bertz CT molecular complexity index is 311. The molecule has 0 saturated carbocycles. The summed E-state index contributed by atoms with van der Waals surface area (Å²) < 4.78 is 0. The fourth-order valence-corrected chi connectivity index (χ4v) is 1.78. The van der Waals surface area contributed by atoms with Crippen molar-refractivity contribution in [2.24, 2.45) is 5.73 Å². The van der Waals surface area contributed by atoms with Gasteiger partial charge < -0.3 is 21.3 Å². The number of hydrogen-bond acceptors (Lipinski definition) is 5. The largest absolute Gasteiger partial charge is 0.480 e. The Balaban J connectivity index is 4.09. The minimum absolute atomic E-state index is 0.0194. The number of nitrogens with two attached hydrogens (primary N) is 1. The van der Waals surface area contributed by atoms with Gasteiger partial charge in [0.05, 0.1) is 0 Å². The Morgan fingerprint density at radius 1 is 1.28 bits per heavy atom. The summed E-state index contributed by atoms with van der Waals surface area (Å²) in [6.45, 7) is 1.89. The molecule has 18 heavy (non-hydrogen) atoms. The highest BCUT2D eigenvalue weighted by molar-refractivity contribution is 7.99. The van der Waals surface area contributed by atoms with Crippen LogP contribution < -0.4 is 11.1 Å². The number of carboxylic acids is 2. The van der Waals surface area contributed by atoms with Crippen molar-refractivity contribution in [3.63, 3.8) is 0 Å². The van der Waals surface area contributed by atoms with Gasteiger partial charge in [-0.1, -0.05) is 6.92 Å². The fourth-order valence-electron chi connectivity index (χ4n) is 1.09. The third-order valence-corrected chi connectivity index (χ3v) is 3.10. The van der Waals surface area contributed by atoms with Crippen molar-refractivity contribution >= 4 is 29.6 Å². The van der Waals surface area contributed by atoms with Crippen LogP contribution in [0.5, 0.6) is 0 Å². The van der Waals surface area contributed by atoms with Crippen LogP contribution in [0.3, 0.4) is 0 Å². The molecule has 0 radical (unpaired) electrons. The van der Waals surface area contributed by atoms with E-state index in [9.17, 15) is 14.4 Å². The van der Waals surface area contributed by atoms with Gasteiger partial charge in [0, 0.05) is 12.2 Å². The lowest BCUT2D eigenvalue weighted by Crippen LogP contribution is -2.43. The number of carbonyl (C=O) groups excluding carboxylic acids is 1. The first-order valence-corrected chi connectivity index (χ1v) is 6.62. The molecule has 0 spiro atoms. The lowest BCUT2D eigenvalue weighted by atomic mass is 10.1. The van der Waals surface area contributed by atoms with Gasteiger partial charge in [0.25, 0.3) is 0 Å². The van der Waals surface area contributed by atoms with E-state index in [2.05, 4.69) is 5.32 Å². The third kappa shape index (κ3) is 7.13. The average molecular weight is 278 g/mol. The summed E-state index contributed by atoms with van der Waals surface area (Å²) in [6.07, 6.45) is -0.123. The minimum Gasteiger partial charge on any atom is -0.480 e. The second kappa shape index (κ2) is 8.76. The predicted molar refractivity (Wildman–Crippen MR) is 67.4 cm³/mol. The van der Waals surface area contributed by atoms with Crippen LogP contribution in [-0.4, -0.2) is 51.6 Å². The van der Waals surface area contributed by atoms with Crippen molar-refractivity contribution in [1.82, 2.24) is 5.32 Å². The summed E-state index contributed by atoms with van der Waals surface area (Å²) in [5, 5.41) is 19.7. The summed E-state index contributed by atoms with van der Waals surface area (Å²) in [5.74, 6) is -1.76. The first-order valence-electron chi connectivity index (χ1n) is 5.46. The van der Waals surface area contributed by atoms with Gasteiger partial charge in [0.1, 0.15) is 12.1 Å². The monoisotopic (exact) mass is 278 g/mol. The van der Waals surface area contributed by atoms with Gasteiger partial charge >= 0.3 is 11.9 Å². The minimum atomic E-state index is -1.18. The molecule has 1 amide bonds. The fraction of sp³-hybridized carbons (Fsp3) is 0.700. The van der Waals surface area contributed by atoms with Gasteiger partial charge in [-0.2, -0.15) is 11.8 Å². The van der Waals surface area contributed by atoms with Crippen LogP contribution in [-0.2, 0) is 14.4 Å². The molecule has 0 saturated heterocycles. The Kier molecular flexibility index (Phi) is 8.14. The Hall–Kier alpha value is -1.28. The number of hydrogen-bond donors (Lipinski definition) is 4.